The first-order valence-corrected chi connectivity index (χ1v) is 12.9. The van der Waals surface area contributed by atoms with E-state index in [0.717, 1.165) is 18.5 Å². The molecule has 2 fully saturated rings. The Hall–Kier alpha value is -2.97. The minimum absolute atomic E-state index is 0.0396. The summed E-state index contributed by atoms with van der Waals surface area (Å²) in [6.45, 7) is 4.28. The van der Waals surface area contributed by atoms with E-state index in [2.05, 4.69) is 5.10 Å². The molecule has 1 aromatic carbocycles. The lowest BCUT2D eigenvalue weighted by atomic mass is 9.99. The molecule has 3 N–H and O–H groups in total. The fourth-order valence-corrected chi connectivity index (χ4v) is 4.70. The second kappa shape index (κ2) is 12.9. The van der Waals surface area contributed by atoms with Crippen LogP contribution in [-0.4, -0.2) is 95.5 Å². The number of hydrogen-bond donors (Lipinski definition) is 3. The summed E-state index contributed by atoms with van der Waals surface area (Å²) < 4.78 is 48.1. The van der Waals surface area contributed by atoms with Gasteiger partial charge >= 0.3 is 6.16 Å². The van der Waals surface area contributed by atoms with Gasteiger partial charge in [-0.05, 0) is 44.4 Å². The van der Waals surface area contributed by atoms with E-state index < -0.39 is 49.3 Å². The quantitative estimate of drug-likeness (QED) is 0.388. The molecule has 0 saturated carbocycles. The summed E-state index contributed by atoms with van der Waals surface area (Å²) in [5.41, 5.74) is 2.04. The van der Waals surface area contributed by atoms with Gasteiger partial charge in [-0.15, -0.1) is 5.10 Å². The first-order chi connectivity index (χ1) is 18.7. The van der Waals surface area contributed by atoms with Crippen LogP contribution in [0.1, 0.15) is 42.6 Å². The van der Waals surface area contributed by atoms with Crippen LogP contribution in [0.15, 0.2) is 18.2 Å². The number of aliphatic hydroxyl groups is 3. The highest BCUT2D eigenvalue weighted by molar-refractivity contribution is 5.59. The maximum atomic E-state index is 14.4. The minimum Gasteiger partial charge on any atom is -0.494 e. The molecule has 0 aliphatic carbocycles. The summed E-state index contributed by atoms with van der Waals surface area (Å²) >= 11 is 0. The first kappa shape index (κ1) is 29.0. The smallest absolute Gasteiger partial charge is 0.494 e. The van der Waals surface area contributed by atoms with Gasteiger partial charge in [-0.2, -0.15) is 0 Å². The van der Waals surface area contributed by atoms with Crippen LogP contribution in [-0.2, 0) is 25.4 Å². The third kappa shape index (κ3) is 6.61. The van der Waals surface area contributed by atoms with E-state index in [4.69, 9.17) is 28.4 Å². The van der Waals surface area contributed by atoms with Crippen molar-refractivity contribution >= 4 is 6.16 Å². The summed E-state index contributed by atoms with van der Waals surface area (Å²) in [5, 5.41) is 36.1. The van der Waals surface area contributed by atoms with Gasteiger partial charge < -0.3 is 43.7 Å². The Morgan fingerprint density at radius 2 is 1.90 bits per heavy atom. The molecular formula is C26H35FN2O10. The Morgan fingerprint density at radius 3 is 2.56 bits per heavy atom. The molecule has 1 aromatic heterocycles. The molecule has 2 aliphatic rings. The Labute approximate surface area is 225 Å². The van der Waals surface area contributed by atoms with Crippen molar-refractivity contribution < 1.29 is 52.9 Å². The Bertz CT molecular complexity index is 1120. The molecule has 12 nitrogen and oxygen atoms in total. The van der Waals surface area contributed by atoms with Gasteiger partial charge in [0.15, 0.2) is 11.6 Å². The number of methoxy groups -OCH3 is 1. The van der Waals surface area contributed by atoms with E-state index in [9.17, 15) is 24.5 Å². The van der Waals surface area contributed by atoms with Crippen LogP contribution in [0.3, 0.4) is 0 Å². The van der Waals surface area contributed by atoms with Gasteiger partial charge in [-0.3, -0.25) is 4.68 Å². The van der Waals surface area contributed by atoms with Crippen molar-refractivity contribution in [2.75, 3.05) is 33.5 Å². The van der Waals surface area contributed by atoms with Gasteiger partial charge in [0.2, 0.25) is 12.2 Å². The molecule has 216 valence electrons. The molecule has 0 radical (unpaired) electrons. The largest absolute Gasteiger partial charge is 0.508 e. The average molecular weight is 555 g/mol. The lowest BCUT2D eigenvalue weighted by Crippen LogP contribution is -2.60. The van der Waals surface area contributed by atoms with Crippen LogP contribution >= 0.6 is 0 Å². The van der Waals surface area contributed by atoms with Crippen LogP contribution in [0, 0.1) is 12.7 Å². The number of carbonyl (C=O) groups excluding carboxylic acids is 1. The van der Waals surface area contributed by atoms with Crippen molar-refractivity contribution in [1.82, 2.24) is 9.78 Å². The zero-order chi connectivity index (χ0) is 28.1. The van der Waals surface area contributed by atoms with Gasteiger partial charge in [0.1, 0.15) is 31.0 Å². The van der Waals surface area contributed by atoms with Crippen LogP contribution in [0.25, 0.3) is 0 Å². The van der Waals surface area contributed by atoms with Crippen molar-refractivity contribution in [3.63, 3.8) is 0 Å². The second-order valence-corrected chi connectivity index (χ2v) is 9.43. The molecule has 3 heterocycles. The number of rotatable bonds is 9. The van der Waals surface area contributed by atoms with Crippen LogP contribution in [0.4, 0.5) is 9.18 Å². The minimum atomic E-state index is -1.66. The topological polar surface area (TPSA) is 151 Å². The SMILES string of the molecule is CCOC(=O)OC[C@H]1O[C@@H](Oc2nn(C3CCOCC3)c(C)c2Cc2ccc(OC)c(F)c2)[C@H](O)[C@@H](O)[C@@H]1O. The summed E-state index contributed by atoms with van der Waals surface area (Å²) in [6, 6.07) is 4.66. The number of nitrogens with zero attached hydrogens (tertiary/aromatic N) is 2. The molecule has 13 heteroatoms. The third-order valence-electron chi connectivity index (χ3n) is 6.89. The van der Waals surface area contributed by atoms with Crippen molar-refractivity contribution in [3.05, 3.63) is 40.8 Å². The summed E-state index contributed by atoms with van der Waals surface area (Å²) in [5.74, 6) is -0.278. The molecule has 0 spiro atoms. The Kier molecular flexibility index (Phi) is 9.62. The first-order valence-electron chi connectivity index (χ1n) is 12.9. The van der Waals surface area contributed by atoms with Crippen molar-refractivity contribution in [2.45, 2.75) is 69.9 Å². The molecule has 2 aromatic rings. The predicted octanol–water partition coefficient (Wildman–Crippen LogP) is 1.64. The van der Waals surface area contributed by atoms with E-state index in [1.165, 1.54) is 19.2 Å². The number of benzene rings is 1. The molecule has 0 amide bonds. The normalized spacial score (nSPS) is 25.8. The number of ether oxygens (including phenoxy) is 6. The number of aliphatic hydroxyl groups excluding tert-OH is 3. The standard InChI is InChI=1S/C26H35FN2O10/c1-4-36-26(33)37-13-20-21(30)22(31)23(32)25(38-20)39-24-17(11-15-5-6-19(34-3)18(27)12-15)14(2)29(28-24)16-7-9-35-10-8-16/h5-6,12,16,20-23,25,30-32H,4,7-11,13H2,1-3H3/t20-,21-,22+,23-,25+/m1/s1. The van der Waals surface area contributed by atoms with E-state index in [0.29, 0.717) is 24.3 Å². The molecule has 0 unspecified atom stereocenters. The fraction of sp³-hybridized carbons (Fsp3) is 0.615. The van der Waals surface area contributed by atoms with Gasteiger partial charge in [0.25, 0.3) is 0 Å². The fourth-order valence-electron chi connectivity index (χ4n) is 4.70. The van der Waals surface area contributed by atoms with Crippen LogP contribution in [0.5, 0.6) is 11.6 Å². The lowest BCUT2D eigenvalue weighted by molar-refractivity contribution is -0.278. The van der Waals surface area contributed by atoms with Crippen molar-refractivity contribution in [1.29, 1.82) is 0 Å². The highest BCUT2D eigenvalue weighted by Gasteiger charge is 2.46. The van der Waals surface area contributed by atoms with E-state index in [1.54, 1.807) is 13.0 Å². The monoisotopic (exact) mass is 554 g/mol. The zero-order valence-corrected chi connectivity index (χ0v) is 22.1. The Morgan fingerprint density at radius 1 is 1.15 bits per heavy atom. The zero-order valence-electron chi connectivity index (χ0n) is 22.1. The van der Waals surface area contributed by atoms with E-state index >= 15 is 0 Å². The highest BCUT2D eigenvalue weighted by atomic mass is 19.1. The number of aromatic nitrogens is 2. The summed E-state index contributed by atoms with van der Waals surface area (Å²) in [4.78, 5) is 11.6. The van der Waals surface area contributed by atoms with Gasteiger partial charge in [-0.1, -0.05) is 6.07 Å². The number of carbonyl (C=O) groups is 1. The predicted molar refractivity (Wildman–Crippen MR) is 132 cm³/mol. The molecule has 5 atom stereocenters. The molecule has 39 heavy (non-hydrogen) atoms. The molecule has 2 saturated heterocycles. The number of halogens is 1. The lowest BCUT2D eigenvalue weighted by Gasteiger charge is -2.39. The van der Waals surface area contributed by atoms with Gasteiger partial charge in [-0.25, -0.2) is 9.18 Å². The van der Waals surface area contributed by atoms with Crippen LogP contribution < -0.4 is 9.47 Å². The van der Waals surface area contributed by atoms with Crippen LogP contribution in [0.2, 0.25) is 0 Å². The number of hydrogen-bond acceptors (Lipinski definition) is 11. The van der Waals surface area contributed by atoms with Gasteiger partial charge in [0, 0.05) is 30.9 Å². The maximum absolute atomic E-state index is 14.4. The highest BCUT2D eigenvalue weighted by Crippen LogP contribution is 2.33. The van der Waals surface area contributed by atoms with E-state index in [1.807, 2.05) is 11.6 Å². The molecular weight excluding hydrogens is 519 g/mol. The van der Waals surface area contributed by atoms with Crippen molar-refractivity contribution in [3.8, 4) is 11.6 Å². The molecule has 4 rings (SSSR count). The summed E-state index contributed by atoms with van der Waals surface area (Å²) in [6.07, 6.45) is -6.77. The second-order valence-electron chi connectivity index (χ2n) is 9.43. The molecule has 0 bridgehead atoms. The van der Waals surface area contributed by atoms with Gasteiger partial charge in [0.05, 0.1) is 19.8 Å². The van der Waals surface area contributed by atoms with E-state index in [-0.39, 0.29) is 30.7 Å². The molecule has 2 aliphatic heterocycles. The average Bonchev–Trinajstić information content (AvgIpc) is 3.23. The van der Waals surface area contributed by atoms with Crippen molar-refractivity contribution in [2.24, 2.45) is 0 Å². The maximum Gasteiger partial charge on any atom is 0.508 e. The Balaban J connectivity index is 1.60. The summed E-state index contributed by atoms with van der Waals surface area (Å²) in [7, 11) is 1.39. The third-order valence-corrected chi connectivity index (χ3v) is 6.89.